The number of hydrogen-bond donors (Lipinski definition) is 0. The van der Waals surface area contributed by atoms with E-state index in [1.165, 1.54) is 31.4 Å². The number of ether oxygens (including phenoxy) is 2. The van der Waals surface area contributed by atoms with E-state index in [4.69, 9.17) is 9.47 Å². The van der Waals surface area contributed by atoms with Crippen LogP contribution in [0.2, 0.25) is 0 Å². The van der Waals surface area contributed by atoms with Crippen LogP contribution in [0.15, 0.2) is 54.6 Å². The summed E-state index contributed by atoms with van der Waals surface area (Å²) in [6, 6.07) is 16.0. The zero-order chi connectivity index (χ0) is 26.7. The van der Waals surface area contributed by atoms with Crippen LogP contribution in [0.25, 0.3) is 0 Å². The highest BCUT2D eigenvalue weighted by Gasteiger charge is 2.42. The summed E-state index contributed by atoms with van der Waals surface area (Å²) in [6.45, 7) is 4.28. The summed E-state index contributed by atoms with van der Waals surface area (Å²) in [5.74, 6) is -3.60. The first-order valence-corrected chi connectivity index (χ1v) is 13.2. The van der Waals surface area contributed by atoms with Gasteiger partial charge in [0, 0.05) is 6.07 Å². The van der Waals surface area contributed by atoms with Gasteiger partial charge in [-0.15, -0.1) is 0 Å². The first-order chi connectivity index (χ1) is 17.8. The molecule has 0 spiro atoms. The fourth-order valence-corrected chi connectivity index (χ4v) is 4.10. The molecule has 3 aromatic rings. The SMILES string of the molecule is CCCCCCCc1ccc(OC(F)(F)c2c(F)c[c]c(Oc3ccc(CCCCC)cc3)c2F)cc1. The van der Waals surface area contributed by atoms with Crippen LogP contribution >= 0.6 is 0 Å². The maximum Gasteiger partial charge on any atom is 0.432 e. The minimum absolute atomic E-state index is 0.188. The molecule has 0 aliphatic heterocycles. The van der Waals surface area contributed by atoms with Gasteiger partial charge >= 0.3 is 6.11 Å². The molecule has 0 aromatic heterocycles. The van der Waals surface area contributed by atoms with Gasteiger partial charge in [-0.3, -0.25) is 0 Å². The number of benzene rings is 3. The van der Waals surface area contributed by atoms with E-state index in [9.17, 15) is 13.2 Å². The van der Waals surface area contributed by atoms with Crippen molar-refractivity contribution in [1.29, 1.82) is 0 Å². The van der Waals surface area contributed by atoms with Gasteiger partial charge in [0.2, 0.25) is 0 Å². The predicted molar refractivity (Wildman–Crippen MR) is 138 cm³/mol. The quantitative estimate of drug-likeness (QED) is 0.148. The Morgan fingerprint density at radius 2 is 1.22 bits per heavy atom. The zero-order valence-electron chi connectivity index (χ0n) is 21.6. The standard InChI is InChI=1S/C31H35F4O2/c1-3-5-7-8-10-12-24-15-19-26(20-16-24)37-31(34,35)29-27(32)21-22-28(30(29)33)36-25-17-13-23(14-18-25)11-9-6-4-2/h13-21H,3-12H2,1-2H3. The number of aryl methyl sites for hydroxylation is 2. The number of halogens is 4. The molecular formula is C31H35F4O2. The molecular weight excluding hydrogens is 480 g/mol. The maximum absolute atomic E-state index is 15.0. The number of rotatable bonds is 15. The van der Waals surface area contributed by atoms with E-state index in [2.05, 4.69) is 19.9 Å². The topological polar surface area (TPSA) is 18.5 Å². The lowest BCUT2D eigenvalue weighted by Crippen LogP contribution is -2.25. The molecule has 0 aliphatic carbocycles. The van der Waals surface area contributed by atoms with Crippen LogP contribution in [-0.2, 0) is 19.0 Å². The average molecular weight is 516 g/mol. The minimum Gasteiger partial charge on any atom is -0.454 e. The number of hydrogen-bond acceptors (Lipinski definition) is 2. The predicted octanol–water partition coefficient (Wildman–Crippen LogP) is 9.93. The first-order valence-electron chi connectivity index (χ1n) is 13.2. The Balaban J connectivity index is 1.67. The Bertz CT molecular complexity index is 1100. The van der Waals surface area contributed by atoms with Crippen LogP contribution in [0.3, 0.4) is 0 Å². The average Bonchev–Trinajstić information content (AvgIpc) is 2.87. The van der Waals surface area contributed by atoms with Crippen molar-refractivity contribution in [2.45, 2.75) is 84.2 Å². The molecule has 2 nitrogen and oxygen atoms in total. The number of unbranched alkanes of at least 4 members (excludes halogenated alkanes) is 6. The van der Waals surface area contributed by atoms with Gasteiger partial charge in [0.15, 0.2) is 11.6 Å². The second kappa shape index (κ2) is 14.1. The fraction of sp³-hybridized carbons (Fsp3) is 0.419. The normalized spacial score (nSPS) is 11.5. The van der Waals surface area contributed by atoms with E-state index in [0.29, 0.717) is 6.07 Å². The van der Waals surface area contributed by atoms with Gasteiger partial charge in [0.05, 0.1) is 0 Å². The monoisotopic (exact) mass is 515 g/mol. The Labute approximate surface area is 217 Å². The van der Waals surface area contributed by atoms with Crippen molar-refractivity contribution in [1.82, 2.24) is 0 Å². The molecule has 0 unspecified atom stereocenters. The molecule has 1 radical (unpaired) electrons. The van der Waals surface area contributed by atoms with Gasteiger partial charge in [0.1, 0.15) is 22.9 Å². The molecule has 0 saturated carbocycles. The van der Waals surface area contributed by atoms with Crippen molar-refractivity contribution >= 4 is 0 Å². The fourth-order valence-electron chi connectivity index (χ4n) is 4.10. The Kier molecular flexibility index (Phi) is 10.8. The molecule has 0 N–H and O–H groups in total. The van der Waals surface area contributed by atoms with Crippen molar-refractivity contribution in [3.63, 3.8) is 0 Å². The highest BCUT2D eigenvalue weighted by Crippen LogP contribution is 2.38. The van der Waals surface area contributed by atoms with E-state index < -0.39 is 29.1 Å². The highest BCUT2D eigenvalue weighted by atomic mass is 19.3. The lowest BCUT2D eigenvalue weighted by molar-refractivity contribution is -0.189. The summed E-state index contributed by atoms with van der Waals surface area (Å²) >= 11 is 0. The van der Waals surface area contributed by atoms with Crippen molar-refractivity contribution in [3.8, 4) is 17.2 Å². The van der Waals surface area contributed by atoms with Crippen LogP contribution in [0, 0.1) is 17.7 Å². The molecule has 6 heteroatoms. The third-order valence-corrected chi connectivity index (χ3v) is 6.23. The Hall–Kier alpha value is -3.02. The smallest absolute Gasteiger partial charge is 0.432 e. The Morgan fingerprint density at radius 3 is 1.81 bits per heavy atom. The van der Waals surface area contributed by atoms with E-state index in [1.807, 2.05) is 12.1 Å². The summed E-state index contributed by atoms with van der Waals surface area (Å²) in [4.78, 5) is 0. The molecule has 0 bridgehead atoms. The first kappa shape index (κ1) is 28.5. The van der Waals surface area contributed by atoms with E-state index in [1.54, 1.807) is 24.3 Å². The third kappa shape index (κ3) is 8.51. The largest absolute Gasteiger partial charge is 0.454 e. The third-order valence-electron chi connectivity index (χ3n) is 6.23. The van der Waals surface area contributed by atoms with Crippen molar-refractivity contribution in [2.24, 2.45) is 0 Å². The van der Waals surface area contributed by atoms with Crippen LogP contribution in [0.5, 0.6) is 17.2 Å². The zero-order valence-corrected chi connectivity index (χ0v) is 21.6. The van der Waals surface area contributed by atoms with Crippen LogP contribution in [-0.4, -0.2) is 0 Å². The van der Waals surface area contributed by atoms with Gasteiger partial charge < -0.3 is 9.47 Å². The van der Waals surface area contributed by atoms with Gasteiger partial charge in [-0.05, 0) is 67.1 Å². The highest BCUT2D eigenvalue weighted by molar-refractivity contribution is 5.38. The summed E-state index contributed by atoms with van der Waals surface area (Å²) in [5, 5.41) is 0. The van der Waals surface area contributed by atoms with Crippen molar-refractivity contribution < 1.29 is 27.0 Å². The summed E-state index contributed by atoms with van der Waals surface area (Å²) < 4.78 is 69.4. The lowest BCUT2D eigenvalue weighted by atomic mass is 10.1. The van der Waals surface area contributed by atoms with E-state index >= 15 is 4.39 Å². The van der Waals surface area contributed by atoms with Gasteiger partial charge in [-0.2, -0.15) is 8.78 Å². The molecule has 0 saturated heterocycles. The van der Waals surface area contributed by atoms with Crippen molar-refractivity contribution in [3.05, 3.63) is 89.0 Å². The van der Waals surface area contributed by atoms with Crippen LogP contribution < -0.4 is 9.47 Å². The molecule has 0 fully saturated rings. The van der Waals surface area contributed by atoms with E-state index in [-0.39, 0.29) is 11.5 Å². The summed E-state index contributed by atoms with van der Waals surface area (Å²) in [6.07, 6.45) is 6.43. The minimum atomic E-state index is -4.26. The molecule has 0 heterocycles. The molecule has 0 atom stereocenters. The molecule has 3 aromatic carbocycles. The molecule has 3 rings (SSSR count). The van der Waals surface area contributed by atoms with E-state index in [0.717, 1.165) is 56.1 Å². The van der Waals surface area contributed by atoms with Gasteiger partial charge in [0.25, 0.3) is 0 Å². The number of alkyl halides is 2. The lowest BCUT2D eigenvalue weighted by Gasteiger charge is -2.20. The summed E-state index contributed by atoms with van der Waals surface area (Å²) in [7, 11) is 0. The second-order valence-electron chi connectivity index (χ2n) is 9.28. The summed E-state index contributed by atoms with van der Waals surface area (Å²) in [5.41, 5.74) is 0.566. The van der Waals surface area contributed by atoms with Crippen molar-refractivity contribution in [2.75, 3.05) is 0 Å². The Morgan fingerprint density at radius 1 is 0.703 bits per heavy atom. The molecule has 37 heavy (non-hydrogen) atoms. The molecule has 0 amide bonds. The molecule has 0 aliphatic rings. The maximum atomic E-state index is 15.0. The van der Waals surface area contributed by atoms with Gasteiger partial charge in [-0.25, -0.2) is 8.78 Å². The second-order valence-corrected chi connectivity index (χ2v) is 9.28. The van der Waals surface area contributed by atoms with Crippen LogP contribution in [0.1, 0.15) is 81.9 Å². The molecule has 199 valence electrons. The van der Waals surface area contributed by atoms with Gasteiger partial charge in [-0.1, -0.05) is 76.6 Å². The van der Waals surface area contributed by atoms with Crippen LogP contribution in [0.4, 0.5) is 17.6 Å².